The average molecular weight is 316 g/mol. The minimum Gasteiger partial charge on any atom is -0.461 e. The van der Waals surface area contributed by atoms with Crippen LogP contribution < -0.4 is 0 Å². The highest BCUT2D eigenvalue weighted by Crippen LogP contribution is 2.40. The van der Waals surface area contributed by atoms with Crippen LogP contribution in [0.3, 0.4) is 0 Å². The Morgan fingerprint density at radius 2 is 2.00 bits per heavy atom. The molecule has 0 radical (unpaired) electrons. The van der Waals surface area contributed by atoms with Crippen LogP contribution in [0.4, 0.5) is 4.39 Å². The SMILES string of the molecule is Cc1cc2[nH]cc(C(=O)OCC34CCN(CC3)CC4)c2cc1F. The van der Waals surface area contributed by atoms with Crippen molar-refractivity contribution >= 4 is 16.9 Å². The van der Waals surface area contributed by atoms with Crippen molar-refractivity contribution < 1.29 is 13.9 Å². The Morgan fingerprint density at radius 1 is 1.30 bits per heavy atom. The molecular formula is C18H21FN2O2. The summed E-state index contributed by atoms with van der Waals surface area (Å²) in [5.74, 6) is -0.661. The van der Waals surface area contributed by atoms with E-state index in [1.807, 2.05) is 0 Å². The number of halogens is 1. The van der Waals surface area contributed by atoms with Crippen LogP contribution in [-0.2, 0) is 4.74 Å². The Balaban J connectivity index is 1.52. The number of aromatic amines is 1. The van der Waals surface area contributed by atoms with E-state index in [1.54, 1.807) is 19.2 Å². The Morgan fingerprint density at radius 3 is 2.70 bits per heavy atom. The second kappa shape index (κ2) is 5.34. The molecule has 3 fully saturated rings. The van der Waals surface area contributed by atoms with Gasteiger partial charge in [0.2, 0.25) is 0 Å². The Kier molecular flexibility index (Phi) is 3.41. The van der Waals surface area contributed by atoms with Gasteiger partial charge in [0.25, 0.3) is 0 Å². The maximum atomic E-state index is 13.8. The molecule has 122 valence electrons. The molecule has 0 atom stereocenters. The number of aryl methyl sites for hydroxylation is 1. The number of hydrogen-bond acceptors (Lipinski definition) is 3. The first-order chi connectivity index (χ1) is 11.1. The highest BCUT2D eigenvalue weighted by Gasteiger charge is 2.40. The van der Waals surface area contributed by atoms with E-state index in [9.17, 15) is 9.18 Å². The first-order valence-electron chi connectivity index (χ1n) is 8.23. The van der Waals surface area contributed by atoms with Gasteiger partial charge < -0.3 is 14.6 Å². The maximum absolute atomic E-state index is 13.8. The zero-order valence-corrected chi connectivity index (χ0v) is 13.3. The van der Waals surface area contributed by atoms with E-state index in [-0.39, 0.29) is 17.2 Å². The van der Waals surface area contributed by atoms with E-state index in [1.165, 1.54) is 6.07 Å². The van der Waals surface area contributed by atoms with Crippen LogP contribution in [0.2, 0.25) is 0 Å². The van der Waals surface area contributed by atoms with Gasteiger partial charge in [-0.15, -0.1) is 0 Å². The topological polar surface area (TPSA) is 45.3 Å². The number of nitrogens with zero attached hydrogens (tertiary/aromatic N) is 1. The van der Waals surface area contributed by atoms with Crippen LogP contribution in [-0.4, -0.2) is 42.1 Å². The highest BCUT2D eigenvalue weighted by molar-refractivity contribution is 6.04. The number of rotatable bonds is 3. The van der Waals surface area contributed by atoms with Crippen LogP contribution in [0.1, 0.15) is 35.2 Å². The van der Waals surface area contributed by atoms with Gasteiger partial charge in [-0.1, -0.05) is 0 Å². The normalized spacial score (nSPS) is 26.6. The standard InChI is InChI=1S/C18H21FN2O2/c1-12-8-16-13(9-15(12)19)14(10-20-16)17(22)23-11-18-2-5-21(6-3-18)7-4-18/h8-10,20H,2-7,11H2,1H3. The predicted molar refractivity (Wildman–Crippen MR) is 86.0 cm³/mol. The van der Waals surface area contributed by atoms with E-state index in [0.717, 1.165) is 44.4 Å². The van der Waals surface area contributed by atoms with E-state index in [4.69, 9.17) is 4.74 Å². The summed E-state index contributed by atoms with van der Waals surface area (Å²) >= 11 is 0. The molecule has 3 aliphatic heterocycles. The summed E-state index contributed by atoms with van der Waals surface area (Å²) in [6, 6.07) is 3.13. The van der Waals surface area contributed by atoms with Gasteiger partial charge in [0.05, 0.1) is 12.2 Å². The van der Waals surface area contributed by atoms with Crippen LogP contribution in [0, 0.1) is 18.2 Å². The fourth-order valence-electron chi connectivity index (χ4n) is 3.83. The summed E-state index contributed by atoms with van der Waals surface area (Å²) in [5.41, 5.74) is 1.90. The zero-order valence-electron chi connectivity index (χ0n) is 13.3. The molecule has 23 heavy (non-hydrogen) atoms. The van der Waals surface area contributed by atoms with Gasteiger partial charge in [-0.3, -0.25) is 0 Å². The van der Waals surface area contributed by atoms with Crippen molar-refractivity contribution in [1.82, 2.24) is 9.88 Å². The Bertz CT molecular complexity index is 746. The lowest BCUT2D eigenvalue weighted by atomic mass is 9.73. The van der Waals surface area contributed by atoms with Gasteiger partial charge in [0.1, 0.15) is 5.82 Å². The van der Waals surface area contributed by atoms with Gasteiger partial charge in [0, 0.05) is 22.5 Å². The smallest absolute Gasteiger partial charge is 0.340 e. The van der Waals surface area contributed by atoms with Crippen molar-refractivity contribution in [1.29, 1.82) is 0 Å². The number of carbonyl (C=O) groups is 1. The molecule has 4 heterocycles. The molecule has 3 aliphatic rings. The number of H-pyrrole nitrogens is 1. The minimum absolute atomic E-state index is 0.151. The monoisotopic (exact) mass is 316 g/mol. The molecule has 5 heteroatoms. The van der Waals surface area contributed by atoms with Gasteiger partial charge >= 0.3 is 5.97 Å². The minimum atomic E-state index is -0.359. The van der Waals surface area contributed by atoms with Crippen molar-refractivity contribution in [3.8, 4) is 0 Å². The van der Waals surface area contributed by atoms with Gasteiger partial charge in [-0.2, -0.15) is 0 Å². The van der Waals surface area contributed by atoms with Gasteiger partial charge in [-0.25, -0.2) is 9.18 Å². The maximum Gasteiger partial charge on any atom is 0.340 e. The zero-order chi connectivity index (χ0) is 16.0. The second-order valence-corrected chi connectivity index (χ2v) is 7.02. The summed E-state index contributed by atoms with van der Waals surface area (Å²) < 4.78 is 19.4. The van der Waals surface area contributed by atoms with E-state index < -0.39 is 0 Å². The molecule has 1 aromatic carbocycles. The quantitative estimate of drug-likeness (QED) is 0.884. The third-order valence-electron chi connectivity index (χ3n) is 5.57. The summed E-state index contributed by atoms with van der Waals surface area (Å²) in [5, 5.41) is 0.592. The van der Waals surface area contributed by atoms with E-state index >= 15 is 0 Å². The number of ether oxygens (including phenoxy) is 1. The van der Waals surface area contributed by atoms with E-state index in [0.29, 0.717) is 23.1 Å². The van der Waals surface area contributed by atoms with Crippen molar-refractivity contribution in [2.45, 2.75) is 26.2 Å². The van der Waals surface area contributed by atoms with Gasteiger partial charge in [-0.05, 0) is 63.5 Å². The lowest BCUT2D eigenvalue weighted by molar-refractivity contribution is -0.0304. The van der Waals surface area contributed by atoms with Crippen LogP contribution in [0.25, 0.3) is 10.9 Å². The molecule has 1 N–H and O–H groups in total. The number of carbonyl (C=O) groups excluding carboxylic acids is 1. The first kappa shape index (κ1) is 14.7. The number of fused-ring (bicyclic) bond motifs is 4. The number of benzene rings is 1. The van der Waals surface area contributed by atoms with Crippen LogP contribution >= 0.6 is 0 Å². The largest absolute Gasteiger partial charge is 0.461 e. The average Bonchev–Trinajstić information content (AvgIpc) is 2.98. The molecule has 2 bridgehead atoms. The third-order valence-corrected chi connectivity index (χ3v) is 5.57. The number of piperidine rings is 3. The first-order valence-corrected chi connectivity index (χ1v) is 8.23. The molecule has 0 amide bonds. The molecule has 0 aliphatic carbocycles. The summed E-state index contributed by atoms with van der Waals surface area (Å²) in [7, 11) is 0. The molecule has 5 rings (SSSR count). The van der Waals surface area contributed by atoms with Crippen LogP contribution in [0.15, 0.2) is 18.3 Å². The molecular weight excluding hydrogens is 295 g/mol. The predicted octanol–water partition coefficient (Wildman–Crippen LogP) is 3.26. The molecule has 2 aromatic rings. The Labute approximate surface area is 134 Å². The highest BCUT2D eigenvalue weighted by atomic mass is 19.1. The number of hydrogen-bond donors (Lipinski definition) is 1. The molecule has 0 unspecified atom stereocenters. The molecule has 1 aromatic heterocycles. The molecule has 3 saturated heterocycles. The summed E-state index contributed by atoms with van der Waals surface area (Å²) in [6.07, 6.45) is 4.92. The van der Waals surface area contributed by atoms with Crippen molar-refractivity contribution in [3.05, 3.63) is 35.3 Å². The number of nitrogens with one attached hydrogen (secondary N) is 1. The summed E-state index contributed by atoms with van der Waals surface area (Å²) in [4.78, 5) is 18.0. The van der Waals surface area contributed by atoms with Crippen molar-refractivity contribution in [2.75, 3.05) is 26.2 Å². The van der Waals surface area contributed by atoms with E-state index in [2.05, 4.69) is 9.88 Å². The van der Waals surface area contributed by atoms with Crippen LogP contribution in [0.5, 0.6) is 0 Å². The molecule has 0 spiro atoms. The summed E-state index contributed by atoms with van der Waals surface area (Å²) in [6.45, 7) is 5.50. The molecule has 0 saturated carbocycles. The lowest BCUT2D eigenvalue weighted by Crippen LogP contribution is -2.50. The molecule has 4 nitrogen and oxygen atoms in total. The fourth-order valence-corrected chi connectivity index (χ4v) is 3.83. The lowest BCUT2D eigenvalue weighted by Gasteiger charge is -2.47. The number of esters is 1. The third kappa shape index (κ3) is 2.53. The second-order valence-electron chi connectivity index (χ2n) is 7.02. The fraction of sp³-hybridized carbons (Fsp3) is 0.500. The van der Waals surface area contributed by atoms with Crippen molar-refractivity contribution in [2.24, 2.45) is 5.41 Å². The van der Waals surface area contributed by atoms with Crippen molar-refractivity contribution in [3.63, 3.8) is 0 Å². The number of aromatic nitrogens is 1. The van der Waals surface area contributed by atoms with Gasteiger partial charge in [0.15, 0.2) is 0 Å². The Hall–Kier alpha value is -1.88.